The molecule has 1 fully saturated rings. The fraction of sp³-hybridized carbons (Fsp3) is 0.278. The van der Waals surface area contributed by atoms with Crippen LogP contribution in [-0.2, 0) is 4.74 Å². The molecule has 0 bridgehead atoms. The predicted octanol–water partition coefficient (Wildman–Crippen LogP) is 3.32. The maximum absolute atomic E-state index is 8.95. The third kappa shape index (κ3) is 2.47. The second kappa shape index (κ2) is 5.82. The van der Waals surface area contributed by atoms with Crippen LogP contribution >= 0.6 is 0 Å². The molecule has 1 aliphatic heterocycles. The van der Waals surface area contributed by atoms with Crippen molar-refractivity contribution in [3.8, 4) is 17.3 Å². The Kier molecular flexibility index (Phi) is 3.52. The first-order chi connectivity index (χ1) is 11.4. The monoisotopic (exact) mass is 304 g/mol. The molecule has 3 heterocycles. The molecule has 23 heavy (non-hydrogen) atoms. The van der Waals surface area contributed by atoms with E-state index >= 15 is 0 Å². The molecule has 0 N–H and O–H groups in total. The smallest absolute Gasteiger partial charge is 0.102 e. The van der Waals surface area contributed by atoms with Crippen LogP contribution in [0, 0.1) is 11.3 Å². The van der Waals surface area contributed by atoms with Gasteiger partial charge in [0.05, 0.1) is 23.2 Å². The van der Waals surface area contributed by atoms with Crippen LogP contribution in [0.1, 0.15) is 24.4 Å². The zero-order chi connectivity index (χ0) is 15.6. The highest BCUT2D eigenvalue weighted by molar-refractivity contribution is 5.92. The lowest BCUT2D eigenvalue weighted by Crippen LogP contribution is -2.20. The number of hydrogen-bond donors (Lipinski definition) is 0. The minimum atomic E-state index is 0.362. The lowest BCUT2D eigenvalue weighted by Gasteiger charge is -2.23. The number of fused-ring (bicyclic) bond motifs is 1. The summed E-state index contributed by atoms with van der Waals surface area (Å²) in [7, 11) is 0. The molecule has 0 aliphatic carbocycles. The van der Waals surface area contributed by atoms with E-state index in [0.717, 1.165) is 48.2 Å². The molecule has 1 aromatic carbocycles. The zero-order valence-electron chi connectivity index (χ0n) is 12.6. The summed E-state index contributed by atoms with van der Waals surface area (Å²) in [6, 6.07) is 12.1. The summed E-state index contributed by atoms with van der Waals surface area (Å²) in [6.45, 7) is 1.56. The third-order valence-electron chi connectivity index (χ3n) is 4.33. The summed E-state index contributed by atoms with van der Waals surface area (Å²) in [5.41, 5.74) is 3.68. The van der Waals surface area contributed by atoms with E-state index in [-0.39, 0.29) is 0 Å². The SMILES string of the molecule is N#Cc1ccc(-c2nn(C3CCOCC3)c3ccncc23)cc1. The molecular formula is C18H16N4O. The van der Waals surface area contributed by atoms with E-state index in [2.05, 4.69) is 15.7 Å². The van der Waals surface area contributed by atoms with Crippen molar-refractivity contribution < 1.29 is 4.74 Å². The van der Waals surface area contributed by atoms with Gasteiger partial charge in [0, 0.05) is 36.6 Å². The summed E-state index contributed by atoms with van der Waals surface area (Å²) < 4.78 is 7.58. The molecule has 5 heteroatoms. The normalized spacial score (nSPS) is 15.6. The first kappa shape index (κ1) is 13.9. The number of nitriles is 1. The summed E-state index contributed by atoms with van der Waals surface area (Å²) in [5.74, 6) is 0. The molecule has 114 valence electrons. The van der Waals surface area contributed by atoms with Crippen LogP contribution < -0.4 is 0 Å². The molecular weight excluding hydrogens is 288 g/mol. The molecule has 0 amide bonds. The highest BCUT2D eigenvalue weighted by Gasteiger charge is 2.21. The van der Waals surface area contributed by atoms with Gasteiger partial charge < -0.3 is 4.74 Å². The maximum atomic E-state index is 8.95. The molecule has 0 saturated carbocycles. The van der Waals surface area contributed by atoms with Crippen molar-refractivity contribution >= 4 is 10.9 Å². The van der Waals surface area contributed by atoms with Crippen molar-refractivity contribution in [2.75, 3.05) is 13.2 Å². The van der Waals surface area contributed by atoms with Crippen molar-refractivity contribution in [3.05, 3.63) is 48.3 Å². The Morgan fingerprint density at radius 1 is 1.13 bits per heavy atom. The van der Waals surface area contributed by atoms with Gasteiger partial charge in [-0.05, 0) is 31.0 Å². The lowest BCUT2D eigenvalue weighted by atomic mass is 10.1. The second-order valence-corrected chi connectivity index (χ2v) is 5.72. The van der Waals surface area contributed by atoms with Crippen LogP contribution in [0.4, 0.5) is 0 Å². The molecule has 1 aliphatic rings. The maximum Gasteiger partial charge on any atom is 0.102 e. The number of hydrogen-bond acceptors (Lipinski definition) is 4. The first-order valence-electron chi connectivity index (χ1n) is 7.77. The van der Waals surface area contributed by atoms with Crippen LogP contribution in [0.2, 0.25) is 0 Å². The fourth-order valence-corrected chi connectivity index (χ4v) is 3.11. The summed E-state index contributed by atoms with van der Waals surface area (Å²) in [4.78, 5) is 4.26. The average Bonchev–Trinajstić information content (AvgIpc) is 3.02. The minimum Gasteiger partial charge on any atom is -0.381 e. The Morgan fingerprint density at radius 2 is 1.91 bits per heavy atom. The van der Waals surface area contributed by atoms with E-state index in [0.29, 0.717) is 11.6 Å². The average molecular weight is 304 g/mol. The zero-order valence-corrected chi connectivity index (χ0v) is 12.6. The van der Waals surface area contributed by atoms with Crippen molar-refractivity contribution in [3.63, 3.8) is 0 Å². The van der Waals surface area contributed by atoms with Crippen molar-refractivity contribution in [2.24, 2.45) is 0 Å². The number of pyridine rings is 1. The number of aromatic nitrogens is 3. The van der Waals surface area contributed by atoms with E-state index in [4.69, 9.17) is 15.1 Å². The number of rotatable bonds is 2. The Hall–Kier alpha value is -2.71. The predicted molar refractivity (Wildman–Crippen MR) is 86.8 cm³/mol. The highest BCUT2D eigenvalue weighted by atomic mass is 16.5. The van der Waals surface area contributed by atoms with Crippen LogP contribution in [0.25, 0.3) is 22.2 Å². The van der Waals surface area contributed by atoms with E-state index in [1.165, 1.54) is 0 Å². The van der Waals surface area contributed by atoms with Gasteiger partial charge in [0.2, 0.25) is 0 Å². The second-order valence-electron chi connectivity index (χ2n) is 5.72. The highest BCUT2D eigenvalue weighted by Crippen LogP contribution is 2.32. The van der Waals surface area contributed by atoms with Crippen LogP contribution in [0.3, 0.4) is 0 Å². The molecule has 3 aromatic rings. The molecule has 2 aromatic heterocycles. The van der Waals surface area contributed by atoms with Crippen molar-refractivity contribution in [1.29, 1.82) is 5.26 Å². The quantitative estimate of drug-likeness (QED) is 0.728. The van der Waals surface area contributed by atoms with Gasteiger partial charge in [0.1, 0.15) is 5.69 Å². The Labute approximate surface area is 134 Å². The van der Waals surface area contributed by atoms with Gasteiger partial charge in [-0.1, -0.05) is 12.1 Å². The summed E-state index contributed by atoms with van der Waals surface area (Å²) >= 11 is 0. The molecule has 4 rings (SSSR count). The van der Waals surface area contributed by atoms with Gasteiger partial charge in [-0.2, -0.15) is 10.4 Å². The van der Waals surface area contributed by atoms with Gasteiger partial charge in [-0.15, -0.1) is 0 Å². The van der Waals surface area contributed by atoms with Crippen LogP contribution in [-0.4, -0.2) is 28.0 Å². The van der Waals surface area contributed by atoms with E-state index < -0.39 is 0 Å². The van der Waals surface area contributed by atoms with Crippen LogP contribution in [0.15, 0.2) is 42.7 Å². The van der Waals surface area contributed by atoms with Crippen molar-refractivity contribution in [1.82, 2.24) is 14.8 Å². The molecule has 0 radical (unpaired) electrons. The number of benzene rings is 1. The standard InChI is InChI=1S/C18H16N4O/c19-11-13-1-3-14(4-2-13)18-16-12-20-8-5-17(16)22(21-18)15-6-9-23-10-7-15/h1-5,8,12,15H,6-7,9-10H2. The molecule has 0 spiro atoms. The van der Waals surface area contributed by atoms with E-state index in [1.807, 2.05) is 42.7 Å². The van der Waals surface area contributed by atoms with Crippen molar-refractivity contribution in [2.45, 2.75) is 18.9 Å². The van der Waals surface area contributed by atoms with Crippen LogP contribution in [0.5, 0.6) is 0 Å². The number of nitrogens with zero attached hydrogens (tertiary/aromatic N) is 4. The Bertz CT molecular complexity index is 870. The lowest BCUT2D eigenvalue weighted by molar-refractivity contribution is 0.0675. The number of ether oxygens (including phenoxy) is 1. The van der Waals surface area contributed by atoms with Gasteiger partial charge in [-0.3, -0.25) is 9.67 Å². The van der Waals surface area contributed by atoms with Gasteiger partial charge in [-0.25, -0.2) is 0 Å². The van der Waals surface area contributed by atoms with E-state index in [9.17, 15) is 0 Å². The van der Waals surface area contributed by atoms with Gasteiger partial charge in [0.15, 0.2) is 0 Å². The van der Waals surface area contributed by atoms with Gasteiger partial charge >= 0.3 is 0 Å². The Balaban J connectivity index is 1.84. The minimum absolute atomic E-state index is 0.362. The molecule has 0 atom stereocenters. The molecule has 1 saturated heterocycles. The third-order valence-corrected chi connectivity index (χ3v) is 4.33. The van der Waals surface area contributed by atoms with Gasteiger partial charge in [0.25, 0.3) is 0 Å². The topological polar surface area (TPSA) is 63.7 Å². The summed E-state index contributed by atoms with van der Waals surface area (Å²) in [5, 5.41) is 14.9. The largest absolute Gasteiger partial charge is 0.381 e. The summed E-state index contributed by atoms with van der Waals surface area (Å²) in [6.07, 6.45) is 5.63. The Morgan fingerprint density at radius 3 is 2.65 bits per heavy atom. The molecule has 0 unspecified atom stereocenters. The molecule has 5 nitrogen and oxygen atoms in total. The first-order valence-corrected chi connectivity index (χ1v) is 7.77. The van der Waals surface area contributed by atoms with E-state index in [1.54, 1.807) is 0 Å². The fourth-order valence-electron chi connectivity index (χ4n) is 3.11.